The van der Waals surface area contributed by atoms with Crippen LogP contribution >= 0.6 is 0 Å². The number of carbonyl (C=O) groups excluding carboxylic acids is 2. The van der Waals surface area contributed by atoms with Gasteiger partial charge in [0, 0.05) is 6.54 Å². The van der Waals surface area contributed by atoms with Crippen LogP contribution in [0.4, 0.5) is 0 Å². The van der Waals surface area contributed by atoms with Gasteiger partial charge in [-0.15, -0.1) is 0 Å². The topological polar surface area (TPSA) is 76.7 Å². The summed E-state index contributed by atoms with van der Waals surface area (Å²) in [5, 5.41) is 5.60. The lowest BCUT2D eigenvalue weighted by molar-refractivity contribution is -0.129. The minimum absolute atomic E-state index is 0.140. The van der Waals surface area contributed by atoms with E-state index < -0.39 is 0 Å². The van der Waals surface area contributed by atoms with Crippen molar-refractivity contribution < 1.29 is 19.1 Å². The molecule has 0 saturated carbocycles. The number of carbonyl (C=O) groups is 2. The lowest BCUT2D eigenvalue weighted by Crippen LogP contribution is -2.34. The molecule has 1 atom stereocenters. The van der Waals surface area contributed by atoms with Crippen molar-refractivity contribution in [1.82, 2.24) is 10.6 Å². The number of benzene rings is 2. The second kappa shape index (κ2) is 10.2. The van der Waals surface area contributed by atoms with Crippen LogP contribution in [-0.2, 0) is 16.0 Å². The lowest BCUT2D eigenvalue weighted by atomic mass is 10.1. The predicted octanol–water partition coefficient (Wildman–Crippen LogP) is 2.63. The normalized spacial score (nSPS) is 11.4. The van der Waals surface area contributed by atoms with Crippen LogP contribution < -0.4 is 20.1 Å². The van der Waals surface area contributed by atoms with Gasteiger partial charge in [0.1, 0.15) is 6.42 Å². The molecule has 2 aromatic carbocycles. The van der Waals surface area contributed by atoms with Crippen molar-refractivity contribution in [2.45, 2.75) is 25.8 Å². The smallest absolute Gasteiger partial charge is 0.229 e. The zero-order valence-corrected chi connectivity index (χ0v) is 16.0. The highest BCUT2D eigenvalue weighted by Gasteiger charge is 2.13. The maximum Gasteiger partial charge on any atom is 0.229 e. The maximum atomic E-state index is 12.0. The highest BCUT2D eigenvalue weighted by atomic mass is 16.5. The highest BCUT2D eigenvalue weighted by Crippen LogP contribution is 2.27. The Labute approximate surface area is 159 Å². The van der Waals surface area contributed by atoms with Gasteiger partial charge >= 0.3 is 0 Å². The summed E-state index contributed by atoms with van der Waals surface area (Å²) in [5.74, 6) is 0.716. The molecule has 2 N–H and O–H groups in total. The van der Waals surface area contributed by atoms with E-state index in [1.807, 2.05) is 55.5 Å². The molecule has 6 heteroatoms. The van der Waals surface area contributed by atoms with E-state index in [9.17, 15) is 9.59 Å². The summed E-state index contributed by atoms with van der Waals surface area (Å²) < 4.78 is 10.5. The Hall–Kier alpha value is -3.02. The summed E-state index contributed by atoms with van der Waals surface area (Å²) in [4.78, 5) is 24.0. The van der Waals surface area contributed by atoms with E-state index in [1.54, 1.807) is 14.2 Å². The van der Waals surface area contributed by atoms with E-state index in [2.05, 4.69) is 10.6 Å². The number of nitrogens with one attached hydrogen (secondary N) is 2. The molecule has 0 aliphatic rings. The van der Waals surface area contributed by atoms with E-state index in [-0.39, 0.29) is 24.3 Å². The maximum absolute atomic E-state index is 12.0. The van der Waals surface area contributed by atoms with Crippen LogP contribution in [0.3, 0.4) is 0 Å². The summed E-state index contributed by atoms with van der Waals surface area (Å²) >= 11 is 0. The van der Waals surface area contributed by atoms with Crippen molar-refractivity contribution in [2.24, 2.45) is 0 Å². The minimum atomic E-state index is -0.298. The lowest BCUT2D eigenvalue weighted by Gasteiger charge is -2.14. The van der Waals surface area contributed by atoms with Gasteiger partial charge in [0.15, 0.2) is 11.5 Å². The SMILES string of the molecule is COc1ccc(CCNC(=O)CC(=O)NC(C)c2ccccc2)cc1OC. The van der Waals surface area contributed by atoms with E-state index in [1.165, 1.54) is 0 Å². The van der Waals surface area contributed by atoms with Gasteiger partial charge in [-0.2, -0.15) is 0 Å². The van der Waals surface area contributed by atoms with Crippen molar-refractivity contribution in [3.05, 3.63) is 59.7 Å². The van der Waals surface area contributed by atoms with Gasteiger partial charge in [-0.3, -0.25) is 9.59 Å². The molecule has 2 amide bonds. The van der Waals surface area contributed by atoms with E-state index in [0.717, 1.165) is 11.1 Å². The van der Waals surface area contributed by atoms with Crippen LogP contribution in [0.2, 0.25) is 0 Å². The second-order valence-corrected chi connectivity index (χ2v) is 6.17. The van der Waals surface area contributed by atoms with Crippen LogP contribution in [0.25, 0.3) is 0 Å². The van der Waals surface area contributed by atoms with E-state index in [4.69, 9.17) is 9.47 Å². The molecule has 0 bridgehead atoms. The Bertz CT molecular complexity index is 762. The predicted molar refractivity (Wildman–Crippen MR) is 104 cm³/mol. The van der Waals surface area contributed by atoms with E-state index in [0.29, 0.717) is 24.5 Å². The summed E-state index contributed by atoms with van der Waals surface area (Å²) in [5.41, 5.74) is 2.01. The first-order valence-electron chi connectivity index (χ1n) is 8.85. The number of rotatable bonds is 9. The number of amides is 2. The summed E-state index contributed by atoms with van der Waals surface area (Å²) in [6.07, 6.45) is 0.442. The third-order valence-corrected chi connectivity index (χ3v) is 4.18. The number of methoxy groups -OCH3 is 2. The average molecular weight is 370 g/mol. The Kier molecular flexibility index (Phi) is 7.67. The van der Waals surface area contributed by atoms with Crippen LogP contribution in [0.5, 0.6) is 11.5 Å². The first-order valence-corrected chi connectivity index (χ1v) is 8.85. The largest absolute Gasteiger partial charge is 0.493 e. The Morgan fingerprint density at radius 1 is 0.963 bits per heavy atom. The van der Waals surface area contributed by atoms with Gasteiger partial charge in [-0.25, -0.2) is 0 Å². The molecule has 0 fully saturated rings. The quantitative estimate of drug-likeness (QED) is 0.666. The Balaban J connectivity index is 1.75. The van der Waals surface area contributed by atoms with Crippen LogP contribution in [-0.4, -0.2) is 32.6 Å². The van der Waals surface area contributed by atoms with Crippen molar-refractivity contribution >= 4 is 11.8 Å². The molecule has 0 saturated heterocycles. The van der Waals surface area contributed by atoms with Gasteiger partial charge in [0.2, 0.25) is 11.8 Å². The Morgan fingerprint density at radius 3 is 2.33 bits per heavy atom. The van der Waals surface area contributed by atoms with Gasteiger partial charge in [-0.05, 0) is 36.6 Å². The molecule has 27 heavy (non-hydrogen) atoms. The van der Waals surface area contributed by atoms with Gasteiger partial charge in [0.25, 0.3) is 0 Å². The molecule has 6 nitrogen and oxygen atoms in total. The third kappa shape index (κ3) is 6.33. The number of hydrogen-bond donors (Lipinski definition) is 2. The minimum Gasteiger partial charge on any atom is -0.493 e. The fourth-order valence-corrected chi connectivity index (χ4v) is 2.71. The molecule has 0 aromatic heterocycles. The average Bonchev–Trinajstić information content (AvgIpc) is 2.68. The standard InChI is InChI=1S/C21H26N2O4/c1-15(17-7-5-4-6-8-17)23-21(25)14-20(24)22-12-11-16-9-10-18(26-2)19(13-16)27-3/h4-10,13,15H,11-12,14H2,1-3H3,(H,22,24)(H,23,25). The Morgan fingerprint density at radius 2 is 1.67 bits per heavy atom. The molecule has 0 aliphatic heterocycles. The summed E-state index contributed by atoms with van der Waals surface area (Å²) in [6, 6.07) is 15.1. The second-order valence-electron chi connectivity index (χ2n) is 6.17. The summed E-state index contributed by atoms with van der Waals surface area (Å²) in [7, 11) is 3.17. The van der Waals surface area contributed by atoms with Crippen molar-refractivity contribution in [3.8, 4) is 11.5 Å². The van der Waals surface area contributed by atoms with Crippen LogP contribution in [0, 0.1) is 0 Å². The van der Waals surface area contributed by atoms with Crippen molar-refractivity contribution in [2.75, 3.05) is 20.8 Å². The molecule has 1 unspecified atom stereocenters. The molecule has 144 valence electrons. The van der Waals surface area contributed by atoms with Gasteiger partial charge in [0.05, 0.1) is 20.3 Å². The molecule has 2 aromatic rings. The first kappa shape index (κ1) is 20.3. The molecule has 0 heterocycles. The molecule has 0 radical (unpaired) electrons. The highest BCUT2D eigenvalue weighted by molar-refractivity contribution is 5.97. The zero-order valence-electron chi connectivity index (χ0n) is 16.0. The van der Waals surface area contributed by atoms with Gasteiger partial charge in [-0.1, -0.05) is 36.4 Å². The van der Waals surface area contributed by atoms with E-state index >= 15 is 0 Å². The summed E-state index contributed by atoms with van der Waals surface area (Å²) in [6.45, 7) is 2.33. The fourth-order valence-electron chi connectivity index (χ4n) is 2.71. The molecular formula is C21H26N2O4. The van der Waals surface area contributed by atoms with Crippen molar-refractivity contribution in [3.63, 3.8) is 0 Å². The van der Waals surface area contributed by atoms with Crippen molar-refractivity contribution in [1.29, 1.82) is 0 Å². The number of hydrogen-bond acceptors (Lipinski definition) is 4. The van der Waals surface area contributed by atoms with Gasteiger partial charge < -0.3 is 20.1 Å². The first-order chi connectivity index (χ1) is 13.0. The zero-order chi connectivity index (χ0) is 19.6. The third-order valence-electron chi connectivity index (χ3n) is 4.18. The molecule has 2 rings (SSSR count). The molecule has 0 aliphatic carbocycles. The molecule has 0 spiro atoms. The molecular weight excluding hydrogens is 344 g/mol. The fraction of sp³-hybridized carbons (Fsp3) is 0.333. The monoisotopic (exact) mass is 370 g/mol. The van der Waals surface area contributed by atoms with Crippen LogP contribution in [0.15, 0.2) is 48.5 Å². The number of ether oxygens (including phenoxy) is 2. The van der Waals surface area contributed by atoms with Crippen LogP contribution in [0.1, 0.15) is 30.5 Å².